The monoisotopic (exact) mass is 404 g/mol. The lowest BCUT2D eigenvalue weighted by Gasteiger charge is -2.38. The molecule has 2 aromatic heterocycles. The van der Waals surface area contributed by atoms with Gasteiger partial charge in [0.15, 0.2) is 0 Å². The number of rotatable bonds is 5. The predicted octanol–water partition coefficient (Wildman–Crippen LogP) is 2.78. The molecule has 2 atom stereocenters. The average molecular weight is 404 g/mol. The third-order valence-corrected chi connectivity index (χ3v) is 6.20. The molecule has 2 aliphatic heterocycles. The molecule has 2 aliphatic rings. The van der Waals surface area contributed by atoms with Crippen molar-refractivity contribution < 1.29 is 9.53 Å². The van der Waals surface area contributed by atoms with Gasteiger partial charge in [0.25, 0.3) is 5.56 Å². The number of nitrogens with zero attached hydrogens (tertiary/aromatic N) is 4. The number of amides is 1. The van der Waals surface area contributed by atoms with Gasteiger partial charge in [0.2, 0.25) is 11.8 Å². The van der Waals surface area contributed by atoms with Crippen LogP contribution in [0.15, 0.2) is 59.8 Å². The molecule has 0 radical (unpaired) electrons. The van der Waals surface area contributed by atoms with Gasteiger partial charge in [0, 0.05) is 50.2 Å². The summed E-state index contributed by atoms with van der Waals surface area (Å²) in [5.74, 6) is 0.753. The van der Waals surface area contributed by atoms with E-state index in [2.05, 4.69) is 9.97 Å². The molecule has 0 saturated carbocycles. The number of benzene rings is 1. The lowest BCUT2D eigenvalue weighted by molar-refractivity contribution is -0.137. The molecule has 7 heteroatoms. The van der Waals surface area contributed by atoms with Crippen LogP contribution in [0.4, 0.5) is 0 Å². The molecule has 0 spiro atoms. The topological polar surface area (TPSA) is 77.3 Å². The highest BCUT2D eigenvalue weighted by Crippen LogP contribution is 2.37. The maximum Gasteiger partial charge on any atom is 0.261 e. The van der Waals surface area contributed by atoms with Crippen molar-refractivity contribution in [3.63, 3.8) is 0 Å². The Hall–Kier alpha value is -3.22. The van der Waals surface area contributed by atoms with Crippen LogP contribution in [-0.2, 0) is 11.3 Å². The number of pyridine rings is 1. The van der Waals surface area contributed by atoms with Crippen molar-refractivity contribution >= 4 is 16.8 Å². The molecular weight excluding hydrogens is 380 g/mol. The zero-order valence-electron chi connectivity index (χ0n) is 16.7. The van der Waals surface area contributed by atoms with Gasteiger partial charge in [-0.25, -0.2) is 9.97 Å². The molecule has 1 amide bonds. The van der Waals surface area contributed by atoms with E-state index in [-0.39, 0.29) is 29.7 Å². The van der Waals surface area contributed by atoms with Crippen LogP contribution in [0, 0.1) is 0 Å². The molecule has 4 heterocycles. The predicted molar refractivity (Wildman–Crippen MR) is 112 cm³/mol. The van der Waals surface area contributed by atoms with E-state index >= 15 is 0 Å². The van der Waals surface area contributed by atoms with Crippen LogP contribution < -0.4 is 10.3 Å². The summed E-state index contributed by atoms with van der Waals surface area (Å²) in [5.41, 5.74) is 0.581. The van der Waals surface area contributed by atoms with Crippen LogP contribution in [0.5, 0.6) is 5.88 Å². The summed E-state index contributed by atoms with van der Waals surface area (Å²) in [6.45, 7) is 0.347. The highest BCUT2D eigenvalue weighted by atomic mass is 16.5. The first-order chi connectivity index (χ1) is 14.7. The van der Waals surface area contributed by atoms with Crippen molar-refractivity contribution in [1.29, 1.82) is 0 Å². The zero-order chi connectivity index (χ0) is 20.5. The molecule has 3 aromatic rings. The molecule has 2 bridgehead atoms. The van der Waals surface area contributed by atoms with Gasteiger partial charge in [-0.2, -0.15) is 0 Å². The first kappa shape index (κ1) is 18.8. The lowest BCUT2D eigenvalue weighted by Crippen LogP contribution is -2.49. The van der Waals surface area contributed by atoms with Gasteiger partial charge in [0.05, 0.1) is 17.2 Å². The minimum absolute atomic E-state index is 0.0914. The van der Waals surface area contributed by atoms with Gasteiger partial charge >= 0.3 is 0 Å². The number of carbonyl (C=O) groups excluding carboxylic acids is 1. The van der Waals surface area contributed by atoms with E-state index in [0.29, 0.717) is 29.7 Å². The Morgan fingerprint density at radius 1 is 1.03 bits per heavy atom. The molecule has 5 rings (SSSR count). The van der Waals surface area contributed by atoms with Crippen molar-refractivity contribution in [1.82, 2.24) is 19.4 Å². The molecule has 154 valence electrons. The van der Waals surface area contributed by atoms with E-state index in [1.165, 1.54) is 0 Å². The van der Waals surface area contributed by atoms with Crippen molar-refractivity contribution in [2.24, 2.45) is 0 Å². The van der Waals surface area contributed by atoms with Crippen LogP contribution in [0.2, 0.25) is 0 Å². The Morgan fingerprint density at radius 3 is 2.57 bits per heavy atom. The van der Waals surface area contributed by atoms with Gasteiger partial charge in [0.1, 0.15) is 6.10 Å². The van der Waals surface area contributed by atoms with E-state index in [1.807, 2.05) is 41.3 Å². The second-order valence-corrected chi connectivity index (χ2v) is 8.08. The van der Waals surface area contributed by atoms with E-state index in [4.69, 9.17) is 4.74 Å². The maximum absolute atomic E-state index is 13.0. The first-order valence-electron chi connectivity index (χ1n) is 10.5. The quantitative estimate of drug-likeness (QED) is 0.654. The second-order valence-electron chi connectivity index (χ2n) is 8.08. The van der Waals surface area contributed by atoms with E-state index in [0.717, 1.165) is 25.7 Å². The number of aryl methyl sites for hydroxylation is 1. The Labute approximate surface area is 174 Å². The van der Waals surface area contributed by atoms with Crippen molar-refractivity contribution in [3.05, 3.63) is 65.3 Å². The van der Waals surface area contributed by atoms with Crippen molar-refractivity contribution in [3.8, 4) is 5.88 Å². The molecule has 7 nitrogen and oxygen atoms in total. The summed E-state index contributed by atoms with van der Waals surface area (Å²) in [6, 6.07) is 13.3. The number of para-hydroxylation sites is 1. The van der Waals surface area contributed by atoms with Gasteiger partial charge in [-0.1, -0.05) is 18.2 Å². The molecule has 1 aromatic carbocycles. The summed E-state index contributed by atoms with van der Waals surface area (Å²) in [6.07, 6.45) is 7.34. The Kier molecular flexibility index (Phi) is 4.94. The van der Waals surface area contributed by atoms with Gasteiger partial charge in [-0.05, 0) is 31.0 Å². The van der Waals surface area contributed by atoms with E-state index in [9.17, 15) is 9.59 Å². The summed E-state index contributed by atoms with van der Waals surface area (Å²) in [7, 11) is 0. The summed E-state index contributed by atoms with van der Waals surface area (Å²) in [5, 5.41) is 0.583. The molecular formula is C23H24N4O3. The van der Waals surface area contributed by atoms with Gasteiger partial charge < -0.3 is 9.64 Å². The van der Waals surface area contributed by atoms with Crippen LogP contribution in [0.3, 0.4) is 0 Å². The highest BCUT2D eigenvalue weighted by molar-refractivity contribution is 5.78. The summed E-state index contributed by atoms with van der Waals surface area (Å²) >= 11 is 0. The van der Waals surface area contributed by atoms with Gasteiger partial charge in [-0.3, -0.25) is 14.2 Å². The molecule has 2 unspecified atom stereocenters. The van der Waals surface area contributed by atoms with E-state index in [1.54, 1.807) is 23.2 Å². The second kappa shape index (κ2) is 7.89. The molecule has 0 aliphatic carbocycles. The molecule has 2 fully saturated rings. The highest BCUT2D eigenvalue weighted by Gasteiger charge is 2.43. The number of carbonyl (C=O) groups is 1. The average Bonchev–Trinajstić information content (AvgIpc) is 3.04. The normalized spacial score (nSPS) is 22.9. The van der Waals surface area contributed by atoms with Crippen LogP contribution in [0.25, 0.3) is 10.9 Å². The third-order valence-electron chi connectivity index (χ3n) is 6.20. The Bertz CT molecular complexity index is 1100. The van der Waals surface area contributed by atoms with Crippen LogP contribution in [-0.4, -0.2) is 43.5 Å². The number of piperidine rings is 1. The van der Waals surface area contributed by atoms with Crippen molar-refractivity contribution in [2.45, 2.75) is 56.8 Å². The number of fused-ring (bicyclic) bond motifs is 3. The maximum atomic E-state index is 13.0. The smallest absolute Gasteiger partial charge is 0.261 e. The first-order valence-corrected chi connectivity index (χ1v) is 10.5. The summed E-state index contributed by atoms with van der Waals surface area (Å²) < 4.78 is 7.59. The fourth-order valence-corrected chi connectivity index (χ4v) is 4.83. The fraction of sp³-hybridized carbons (Fsp3) is 0.391. The third kappa shape index (κ3) is 3.56. The number of aromatic nitrogens is 3. The van der Waals surface area contributed by atoms with Gasteiger partial charge in [-0.15, -0.1) is 0 Å². The Morgan fingerprint density at radius 2 is 1.80 bits per heavy atom. The molecule has 30 heavy (non-hydrogen) atoms. The van der Waals surface area contributed by atoms with Crippen LogP contribution >= 0.6 is 0 Å². The zero-order valence-corrected chi connectivity index (χ0v) is 16.7. The lowest BCUT2D eigenvalue weighted by atomic mass is 9.99. The number of hydrogen-bond donors (Lipinski definition) is 0. The minimum atomic E-state index is -0.0983. The minimum Gasteiger partial charge on any atom is -0.474 e. The standard InChI is InChI=1S/C23H24N4O3/c28-22(10-12-26-15-25-20-6-2-1-5-19(20)23(26)29)27-16-8-9-17(27)14-18(13-16)30-21-7-3-4-11-24-21/h1-7,11,15-18H,8-10,12-14H2. The number of hydrogen-bond acceptors (Lipinski definition) is 5. The fourth-order valence-electron chi connectivity index (χ4n) is 4.83. The summed E-state index contributed by atoms with van der Waals surface area (Å²) in [4.78, 5) is 36.3. The molecule has 2 saturated heterocycles. The number of ether oxygens (including phenoxy) is 1. The largest absolute Gasteiger partial charge is 0.474 e. The Balaban J connectivity index is 1.23. The van der Waals surface area contributed by atoms with Crippen molar-refractivity contribution in [2.75, 3.05) is 0 Å². The van der Waals surface area contributed by atoms with Crippen LogP contribution in [0.1, 0.15) is 32.1 Å². The molecule has 0 N–H and O–H groups in total. The SMILES string of the molecule is O=C(CCn1cnc2ccccc2c1=O)N1C2CCC1CC(Oc1ccccn1)C2. The van der Waals surface area contributed by atoms with E-state index < -0.39 is 0 Å².